The molecule has 0 fully saturated rings. The second-order valence-electron chi connectivity index (χ2n) is 7.20. The molecular formula is C23H21N3O5S. The Morgan fingerprint density at radius 3 is 2.28 bits per heavy atom. The monoisotopic (exact) mass is 451 g/mol. The molecule has 1 aliphatic carbocycles. The van der Waals surface area contributed by atoms with E-state index in [1.807, 2.05) is 36.4 Å². The maximum absolute atomic E-state index is 12.1. The lowest BCUT2D eigenvalue weighted by Crippen LogP contribution is -2.31. The number of thiazole rings is 1. The molecule has 1 aromatic heterocycles. The lowest BCUT2D eigenvalue weighted by atomic mass is 9.98. The summed E-state index contributed by atoms with van der Waals surface area (Å²) >= 11 is 1.01. The van der Waals surface area contributed by atoms with Crippen LogP contribution in [0.1, 0.15) is 38.1 Å². The fraction of sp³-hybridized carbons (Fsp3) is 0.217. The third-order valence-corrected chi connectivity index (χ3v) is 6.15. The quantitative estimate of drug-likeness (QED) is 0.483. The highest BCUT2D eigenvalue weighted by Crippen LogP contribution is 2.44. The smallest absolute Gasteiger partial charge is 0.407 e. The molecule has 1 aliphatic rings. The first-order valence-electron chi connectivity index (χ1n) is 10.1. The second kappa shape index (κ2) is 9.61. The van der Waals surface area contributed by atoms with E-state index in [9.17, 15) is 14.4 Å². The number of benzene rings is 2. The average Bonchev–Trinajstić information content (AvgIpc) is 3.40. The van der Waals surface area contributed by atoms with Gasteiger partial charge in [0.25, 0.3) is 0 Å². The van der Waals surface area contributed by atoms with Gasteiger partial charge in [-0.3, -0.25) is 4.79 Å². The predicted octanol–water partition coefficient (Wildman–Crippen LogP) is 3.39. The summed E-state index contributed by atoms with van der Waals surface area (Å²) in [5.74, 6) is -1.35. The average molecular weight is 452 g/mol. The SMILES string of the molecule is O=C(CCNC(=O)OCC1c2ccccc2-c2ccccc21)NCc1ncc(C(=O)O)s1. The number of fused-ring (bicyclic) bond motifs is 3. The van der Waals surface area contributed by atoms with Crippen molar-refractivity contribution in [3.8, 4) is 11.1 Å². The van der Waals surface area contributed by atoms with E-state index >= 15 is 0 Å². The van der Waals surface area contributed by atoms with Crippen LogP contribution in [-0.2, 0) is 16.1 Å². The van der Waals surface area contributed by atoms with Gasteiger partial charge in [-0.05, 0) is 22.3 Å². The van der Waals surface area contributed by atoms with Gasteiger partial charge in [-0.25, -0.2) is 14.6 Å². The molecule has 9 heteroatoms. The van der Waals surface area contributed by atoms with Crippen LogP contribution in [-0.4, -0.2) is 41.2 Å². The van der Waals surface area contributed by atoms with E-state index in [1.165, 1.54) is 6.20 Å². The van der Waals surface area contributed by atoms with Crippen LogP contribution in [0.2, 0.25) is 0 Å². The molecule has 164 valence electrons. The van der Waals surface area contributed by atoms with Crippen LogP contribution in [0, 0.1) is 0 Å². The van der Waals surface area contributed by atoms with Gasteiger partial charge in [0.05, 0.1) is 12.7 Å². The Kier molecular flexibility index (Phi) is 6.46. The maximum Gasteiger partial charge on any atom is 0.407 e. The van der Waals surface area contributed by atoms with Crippen LogP contribution in [0.25, 0.3) is 11.1 Å². The Hall–Kier alpha value is -3.72. The number of carboxylic acid groups (broad SMARTS) is 1. The molecule has 0 radical (unpaired) electrons. The molecule has 0 saturated carbocycles. The van der Waals surface area contributed by atoms with Gasteiger partial charge in [-0.1, -0.05) is 48.5 Å². The number of carboxylic acids is 1. The number of hydrogen-bond acceptors (Lipinski definition) is 6. The lowest BCUT2D eigenvalue weighted by molar-refractivity contribution is -0.121. The number of aromatic carboxylic acids is 1. The zero-order chi connectivity index (χ0) is 22.5. The van der Waals surface area contributed by atoms with Crippen molar-refractivity contribution in [1.29, 1.82) is 0 Å². The van der Waals surface area contributed by atoms with Crippen molar-refractivity contribution in [3.05, 3.63) is 75.7 Å². The summed E-state index contributed by atoms with van der Waals surface area (Å²) in [6.45, 7) is 0.477. The van der Waals surface area contributed by atoms with Gasteiger partial charge >= 0.3 is 12.1 Å². The number of amides is 2. The predicted molar refractivity (Wildman–Crippen MR) is 119 cm³/mol. The van der Waals surface area contributed by atoms with Crippen LogP contribution >= 0.6 is 11.3 Å². The number of carbonyl (C=O) groups excluding carboxylic acids is 2. The third kappa shape index (κ3) is 4.78. The molecule has 0 atom stereocenters. The van der Waals surface area contributed by atoms with Crippen molar-refractivity contribution < 1.29 is 24.2 Å². The molecule has 3 aromatic rings. The van der Waals surface area contributed by atoms with Gasteiger partial charge in [-0.2, -0.15) is 0 Å². The van der Waals surface area contributed by atoms with E-state index in [-0.39, 0.29) is 42.8 Å². The van der Waals surface area contributed by atoms with E-state index < -0.39 is 12.1 Å². The highest BCUT2D eigenvalue weighted by atomic mass is 32.1. The van der Waals surface area contributed by atoms with Gasteiger partial charge in [0.15, 0.2) is 0 Å². The van der Waals surface area contributed by atoms with Crippen molar-refractivity contribution >= 4 is 29.3 Å². The first kappa shape index (κ1) is 21.5. The fourth-order valence-electron chi connectivity index (χ4n) is 3.68. The fourth-order valence-corrected chi connectivity index (χ4v) is 4.38. The van der Waals surface area contributed by atoms with Crippen molar-refractivity contribution in [1.82, 2.24) is 15.6 Å². The zero-order valence-electron chi connectivity index (χ0n) is 17.0. The van der Waals surface area contributed by atoms with E-state index in [0.717, 1.165) is 33.6 Å². The molecular weight excluding hydrogens is 430 g/mol. The van der Waals surface area contributed by atoms with Crippen LogP contribution < -0.4 is 10.6 Å². The Labute approximate surface area is 188 Å². The van der Waals surface area contributed by atoms with Crippen LogP contribution in [0.4, 0.5) is 4.79 Å². The standard InChI is InChI=1S/C23H21N3O5S/c27-20(25-12-21-26-11-19(32-21)22(28)29)9-10-24-23(30)31-13-18-16-7-3-1-5-14(16)15-6-2-4-8-17(15)18/h1-8,11,18H,9-10,12-13H2,(H,24,30)(H,25,27)(H,28,29). The van der Waals surface area contributed by atoms with E-state index in [0.29, 0.717) is 5.01 Å². The van der Waals surface area contributed by atoms with Gasteiger partial charge in [0, 0.05) is 18.9 Å². The largest absolute Gasteiger partial charge is 0.477 e. The summed E-state index contributed by atoms with van der Waals surface area (Å²) in [5, 5.41) is 14.6. The highest BCUT2D eigenvalue weighted by molar-refractivity contribution is 7.13. The molecule has 1 heterocycles. The van der Waals surface area contributed by atoms with Gasteiger partial charge < -0.3 is 20.5 Å². The number of hydrogen-bond donors (Lipinski definition) is 3. The third-order valence-electron chi connectivity index (χ3n) is 5.17. The number of ether oxygens (including phenoxy) is 1. The molecule has 0 unspecified atom stereocenters. The Bertz CT molecular complexity index is 1110. The second-order valence-corrected chi connectivity index (χ2v) is 8.32. The Morgan fingerprint density at radius 1 is 1.00 bits per heavy atom. The molecule has 3 N–H and O–H groups in total. The van der Waals surface area contributed by atoms with E-state index in [4.69, 9.17) is 9.84 Å². The summed E-state index contributed by atoms with van der Waals surface area (Å²) in [6, 6.07) is 16.2. The Morgan fingerprint density at radius 2 is 1.66 bits per heavy atom. The lowest BCUT2D eigenvalue weighted by Gasteiger charge is -2.14. The van der Waals surface area contributed by atoms with E-state index in [1.54, 1.807) is 0 Å². The molecule has 4 rings (SSSR count). The van der Waals surface area contributed by atoms with Crippen molar-refractivity contribution in [3.63, 3.8) is 0 Å². The molecule has 2 amide bonds. The van der Waals surface area contributed by atoms with Crippen LogP contribution in [0.3, 0.4) is 0 Å². The number of carbonyl (C=O) groups is 3. The molecule has 0 aliphatic heterocycles. The minimum absolute atomic E-state index is 0.0227. The van der Waals surface area contributed by atoms with Crippen LogP contribution in [0.15, 0.2) is 54.7 Å². The number of nitrogens with zero attached hydrogens (tertiary/aromatic N) is 1. The molecule has 0 spiro atoms. The molecule has 0 bridgehead atoms. The summed E-state index contributed by atoms with van der Waals surface area (Å²) in [6.07, 6.45) is 0.750. The highest BCUT2D eigenvalue weighted by Gasteiger charge is 2.28. The summed E-state index contributed by atoms with van der Waals surface area (Å²) in [7, 11) is 0. The normalized spacial score (nSPS) is 12.0. The summed E-state index contributed by atoms with van der Waals surface area (Å²) in [4.78, 5) is 39.0. The van der Waals surface area contributed by atoms with Gasteiger partial charge in [0.2, 0.25) is 5.91 Å². The number of nitrogens with one attached hydrogen (secondary N) is 2. The Balaban J connectivity index is 1.21. The van der Waals surface area contributed by atoms with Crippen molar-refractivity contribution in [2.45, 2.75) is 18.9 Å². The number of alkyl carbamates (subject to hydrolysis) is 1. The maximum atomic E-state index is 12.1. The van der Waals surface area contributed by atoms with Crippen LogP contribution in [0.5, 0.6) is 0 Å². The molecule has 0 saturated heterocycles. The summed E-state index contributed by atoms with van der Waals surface area (Å²) < 4.78 is 5.43. The first-order valence-corrected chi connectivity index (χ1v) is 10.9. The van der Waals surface area contributed by atoms with Gasteiger partial charge in [0.1, 0.15) is 16.5 Å². The molecule has 8 nitrogen and oxygen atoms in total. The minimum atomic E-state index is -1.05. The number of rotatable bonds is 8. The zero-order valence-corrected chi connectivity index (χ0v) is 17.9. The van der Waals surface area contributed by atoms with Crippen molar-refractivity contribution in [2.24, 2.45) is 0 Å². The van der Waals surface area contributed by atoms with E-state index in [2.05, 4.69) is 27.8 Å². The van der Waals surface area contributed by atoms with Gasteiger partial charge in [-0.15, -0.1) is 11.3 Å². The minimum Gasteiger partial charge on any atom is -0.477 e. The topological polar surface area (TPSA) is 118 Å². The summed E-state index contributed by atoms with van der Waals surface area (Å²) in [5.41, 5.74) is 4.58. The molecule has 2 aromatic carbocycles. The van der Waals surface area contributed by atoms with Crippen molar-refractivity contribution in [2.75, 3.05) is 13.2 Å². The number of aromatic nitrogens is 1. The first-order chi connectivity index (χ1) is 15.5. The molecule has 32 heavy (non-hydrogen) atoms.